The number of hydrogen-bond donors (Lipinski definition) is 1. The van der Waals surface area contributed by atoms with Gasteiger partial charge in [-0.3, -0.25) is 4.79 Å². The van der Waals surface area contributed by atoms with E-state index in [4.69, 9.17) is 16.3 Å². The second-order valence-corrected chi connectivity index (χ2v) is 7.43. The van der Waals surface area contributed by atoms with Crippen molar-refractivity contribution in [3.8, 4) is 0 Å². The first-order valence-electron chi connectivity index (χ1n) is 7.24. The normalized spacial score (nSPS) is 24.6. The quantitative estimate of drug-likeness (QED) is 0.580. The van der Waals surface area contributed by atoms with Gasteiger partial charge in [0.15, 0.2) is 0 Å². The van der Waals surface area contributed by atoms with E-state index in [1.165, 1.54) is 7.11 Å². The molecule has 0 radical (unpaired) electrons. The summed E-state index contributed by atoms with van der Waals surface area (Å²) >= 11 is 7.99. The minimum Gasteiger partial charge on any atom is -0.467 e. The maximum atomic E-state index is 12.6. The van der Waals surface area contributed by atoms with E-state index < -0.39 is 5.54 Å². The third-order valence-electron chi connectivity index (χ3n) is 4.23. The lowest BCUT2D eigenvalue weighted by Crippen LogP contribution is -2.56. The fourth-order valence-corrected chi connectivity index (χ4v) is 3.91. The lowest BCUT2D eigenvalue weighted by atomic mass is 9.77. The van der Waals surface area contributed by atoms with Crippen LogP contribution in [0.5, 0.6) is 0 Å². The Kier molecular flexibility index (Phi) is 5.71. The van der Waals surface area contributed by atoms with Crippen molar-refractivity contribution in [3.05, 3.63) is 32.4 Å². The Labute approximate surface area is 149 Å². The van der Waals surface area contributed by atoms with Gasteiger partial charge in [0.25, 0.3) is 5.91 Å². The maximum Gasteiger partial charge on any atom is 0.331 e. The van der Waals surface area contributed by atoms with Gasteiger partial charge < -0.3 is 10.1 Å². The summed E-state index contributed by atoms with van der Waals surface area (Å²) < 4.78 is 5.69. The predicted molar refractivity (Wildman–Crippen MR) is 94.0 cm³/mol. The molecule has 1 aromatic carbocycles. The molecule has 2 rings (SSSR count). The van der Waals surface area contributed by atoms with E-state index in [0.717, 1.165) is 16.4 Å². The van der Waals surface area contributed by atoms with Gasteiger partial charge in [0.05, 0.1) is 12.7 Å². The maximum absolute atomic E-state index is 12.6. The van der Waals surface area contributed by atoms with Gasteiger partial charge >= 0.3 is 5.97 Å². The van der Waals surface area contributed by atoms with Crippen LogP contribution in [0.2, 0.25) is 5.02 Å². The smallest absolute Gasteiger partial charge is 0.331 e. The number of halogens is 2. The monoisotopic (exact) mass is 435 g/mol. The van der Waals surface area contributed by atoms with Gasteiger partial charge in [-0.25, -0.2) is 4.79 Å². The molecule has 0 aromatic heterocycles. The highest BCUT2D eigenvalue weighted by molar-refractivity contribution is 14.1. The van der Waals surface area contributed by atoms with E-state index in [0.29, 0.717) is 29.3 Å². The Hall–Kier alpha value is -0.820. The van der Waals surface area contributed by atoms with E-state index >= 15 is 0 Å². The molecule has 120 valence electrons. The zero-order chi connectivity index (χ0) is 16.3. The molecule has 1 aliphatic rings. The first-order valence-corrected chi connectivity index (χ1v) is 8.69. The third kappa shape index (κ3) is 3.74. The standard InChI is InChI=1S/C16H19ClINO3/c1-10-5-7-16(8-6-10,15(21)22-2)19-14(20)12-4-3-11(17)9-13(12)18/h3-4,9-10H,5-8H2,1-2H3,(H,19,20). The second kappa shape index (κ2) is 7.17. The van der Waals surface area contributed by atoms with Crippen molar-refractivity contribution in [1.82, 2.24) is 5.32 Å². The zero-order valence-electron chi connectivity index (χ0n) is 12.6. The van der Waals surface area contributed by atoms with E-state index in [2.05, 4.69) is 34.8 Å². The molecule has 1 amide bonds. The fourth-order valence-electron chi connectivity index (χ4n) is 2.79. The molecular formula is C16H19ClINO3. The lowest BCUT2D eigenvalue weighted by Gasteiger charge is -2.37. The number of carbonyl (C=O) groups excluding carboxylic acids is 2. The Morgan fingerprint density at radius 2 is 2.00 bits per heavy atom. The number of hydrogen-bond acceptors (Lipinski definition) is 3. The van der Waals surface area contributed by atoms with Gasteiger partial charge in [0.1, 0.15) is 5.54 Å². The largest absolute Gasteiger partial charge is 0.467 e. The van der Waals surface area contributed by atoms with Gasteiger partial charge in [-0.15, -0.1) is 0 Å². The summed E-state index contributed by atoms with van der Waals surface area (Å²) in [4.78, 5) is 24.8. The van der Waals surface area contributed by atoms with Crippen LogP contribution in [-0.4, -0.2) is 24.5 Å². The molecule has 1 aromatic rings. The first kappa shape index (κ1) is 17.5. The Morgan fingerprint density at radius 3 is 2.55 bits per heavy atom. The molecule has 1 saturated carbocycles. The molecule has 22 heavy (non-hydrogen) atoms. The number of benzene rings is 1. The van der Waals surface area contributed by atoms with Crippen LogP contribution in [0.3, 0.4) is 0 Å². The number of ether oxygens (including phenoxy) is 1. The average Bonchev–Trinajstić information content (AvgIpc) is 2.48. The van der Waals surface area contributed by atoms with E-state index in [-0.39, 0.29) is 11.9 Å². The summed E-state index contributed by atoms with van der Waals surface area (Å²) in [6, 6.07) is 5.08. The van der Waals surface area contributed by atoms with E-state index in [1.54, 1.807) is 18.2 Å². The van der Waals surface area contributed by atoms with Gasteiger partial charge in [0.2, 0.25) is 0 Å². The zero-order valence-corrected chi connectivity index (χ0v) is 15.5. The van der Waals surface area contributed by atoms with Crippen LogP contribution in [0.4, 0.5) is 0 Å². The molecule has 0 atom stereocenters. The molecule has 1 aliphatic carbocycles. The van der Waals surface area contributed by atoms with Crippen LogP contribution >= 0.6 is 34.2 Å². The fraction of sp³-hybridized carbons (Fsp3) is 0.500. The van der Waals surface area contributed by atoms with Gasteiger partial charge in [-0.1, -0.05) is 18.5 Å². The molecule has 0 saturated heterocycles. The SMILES string of the molecule is COC(=O)C1(NC(=O)c2ccc(Cl)cc2I)CCC(C)CC1. The van der Waals surface area contributed by atoms with Gasteiger partial charge in [-0.2, -0.15) is 0 Å². The van der Waals surface area contributed by atoms with Gasteiger partial charge in [-0.05, 0) is 72.4 Å². The molecule has 1 N–H and O–H groups in total. The van der Waals surface area contributed by atoms with Crippen molar-refractivity contribution < 1.29 is 14.3 Å². The minimum absolute atomic E-state index is 0.263. The molecular weight excluding hydrogens is 417 g/mol. The molecule has 6 heteroatoms. The van der Waals surface area contributed by atoms with Crippen molar-refractivity contribution in [2.45, 2.75) is 38.1 Å². The van der Waals surface area contributed by atoms with E-state index in [1.807, 2.05) is 0 Å². The Balaban J connectivity index is 2.23. The molecule has 0 unspecified atom stereocenters. The number of nitrogens with one attached hydrogen (secondary N) is 1. The summed E-state index contributed by atoms with van der Waals surface area (Å²) in [7, 11) is 1.36. The summed E-state index contributed by atoms with van der Waals surface area (Å²) in [5.41, 5.74) is -0.395. The summed E-state index contributed by atoms with van der Waals surface area (Å²) in [6.45, 7) is 2.16. The molecule has 0 aliphatic heterocycles. The molecule has 0 heterocycles. The molecule has 4 nitrogen and oxygen atoms in total. The summed E-state index contributed by atoms with van der Waals surface area (Å²) in [6.07, 6.45) is 3.01. The first-order chi connectivity index (χ1) is 10.4. The highest BCUT2D eigenvalue weighted by Crippen LogP contribution is 2.33. The summed E-state index contributed by atoms with van der Waals surface area (Å²) in [5, 5.41) is 3.50. The van der Waals surface area contributed by atoms with Crippen LogP contribution in [0.15, 0.2) is 18.2 Å². The average molecular weight is 436 g/mol. The van der Waals surface area contributed by atoms with Crippen molar-refractivity contribution in [2.75, 3.05) is 7.11 Å². The highest BCUT2D eigenvalue weighted by atomic mass is 127. The number of amides is 1. The van der Waals surface area contributed by atoms with Crippen molar-refractivity contribution in [3.63, 3.8) is 0 Å². The van der Waals surface area contributed by atoms with Gasteiger partial charge in [0, 0.05) is 8.59 Å². The molecule has 0 spiro atoms. The molecule has 0 bridgehead atoms. The van der Waals surface area contributed by atoms with Crippen molar-refractivity contribution in [1.29, 1.82) is 0 Å². The highest BCUT2D eigenvalue weighted by Gasteiger charge is 2.43. The second-order valence-electron chi connectivity index (χ2n) is 5.83. The Bertz CT molecular complexity index is 583. The van der Waals surface area contributed by atoms with Crippen LogP contribution in [0.1, 0.15) is 43.0 Å². The molecule has 1 fully saturated rings. The van der Waals surface area contributed by atoms with Crippen molar-refractivity contribution >= 4 is 46.1 Å². The number of esters is 1. The number of rotatable bonds is 3. The minimum atomic E-state index is -0.916. The van der Waals surface area contributed by atoms with Crippen LogP contribution in [-0.2, 0) is 9.53 Å². The van der Waals surface area contributed by atoms with Crippen molar-refractivity contribution in [2.24, 2.45) is 5.92 Å². The lowest BCUT2D eigenvalue weighted by molar-refractivity contribution is -0.150. The van der Waals surface area contributed by atoms with Crippen LogP contribution in [0.25, 0.3) is 0 Å². The topological polar surface area (TPSA) is 55.4 Å². The number of methoxy groups -OCH3 is 1. The third-order valence-corrected chi connectivity index (χ3v) is 5.36. The van der Waals surface area contributed by atoms with Crippen LogP contribution < -0.4 is 5.32 Å². The number of carbonyl (C=O) groups is 2. The van der Waals surface area contributed by atoms with Crippen LogP contribution in [0, 0.1) is 9.49 Å². The predicted octanol–water partition coefficient (Wildman–Crippen LogP) is 3.80. The summed E-state index contributed by atoms with van der Waals surface area (Å²) in [5.74, 6) is -0.0666. The van der Waals surface area contributed by atoms with E-state index in [9.17, 15) is 9.59 Å². The Morgan fingerprint density at radius 1 is 1.36 bits per heavy atom.